The van der Waals surface area contributed by atoms with Crippen LogP contribution in [0.2, 0.25) is 0 Å². The number of urea groups is 1. The van der Waals surface area contributed by atoms with Crippen molar-refractivity contribution in [2.24, 2.45) is 7.05 Å². The molecule has 0 fully saturated rings. The molecule has 0 saturated carbocycles. The van der Waals surface area contributed by atoms with Crippen molar-refractivity contribution in [3.05, 3.63) is 105 Å². The molecular weight excluding hydrogens is 440 g/mol. The number of nitrogens with zero attached hydrogens (tertiary/aromatic N) is 2. The molecule has 0 saturated heterocycles. The number of benzene rings is 2. The van der Waals surface area contributed by atoms with Crippen LogP contribution < -0.4 is 10.9 Å². The van der Waals surface area contributed by atoms with Crippen molar-refractivity contribution in [1.29, 1.82) is 0 Å². The van der Waals surface area contributed by atoms with Crippen LogP contribution in [0.25, 0.3) is 11.1 Å². The van der Waals surface area contributed by atoms with E-state index in [1.54, 1.807) is 32.3 Å². The van der Waals surface area contributed by atoms with E-state index in [1.807, 2.05) is 0 Å². The van der Waals surface area contributed by atoms with Crippen LogP contribution >= 0.6 is 0 Å². The highest BCUT2D eigenvalue weighted by molar-refractivity contribution is 6.00. The van der Waals surface area contributed by atoms with Crippen LogP contribution in [0.15, 0.2) is 71.3 Å². The fourth-order valence-corrected chi connectivity index (χ4v) is 3.99. The van der Waals surface area contributed by atoms with Crippen molar-refractivity contribution in [3.8, 4) is 11.1 Å². The second-order valence-corrected chi connectivity index (χ2v) is 8.33. The van der Waals surface area contributed by atoms with Gasteiger partial charge in [0.2, 0.25) is 0 Å². The Morgan fingerprint density at radius 3 is 2.44 bits per heavy atom. The molecule has 34 heavy (non-hydrogen) atoms. The van der Waals surface area contributed by atoms with E-state index in [2.05, 4.69) is 5.32 Å². The number of carbonyl (C=O) groups is 2. The van der Waals surface area contributed by atoms with Gasteiger partial charge in [0.1, 0.15) is 11.6 Å². The highest BCUT2D eigenvalue weighted by Gasteiger charge is 2.30. The predicted octanol–water partition coefficient (Wildman–Crippen LogP) is 4.03. The lowest BCUT2D eigenvalue weighted by molar-refractivity contribution is -0.115. The molecule has 0 radical (unpaired) electrons. The zero-order valence-electron chi connectivity index (χ0n) is 18.9. The standard InChI is InChI=1S/C26H23F2N3O3/c1-15-11-22(28)20(19-5-4-10-30(2)25(19)33)12-17(15)13-23(32)21-14-31(3)26(34)29-24(21)16-6-8-18(27)9-7-16/h4-12,14,24H,13H2,1-3H3,(H,29,34)/t24-/m0/s1. The van der Waals surface area contributed by atoms with Crippen molar-refractivity contribution < 1.29 is 18.4 Å². The largest absolute Gasteiger partial charge is 0.327 e. The molecular formula is C26H23F2N3O3. The maximum Gasteiger partial charge on any atom is 0.321 e. The molecule has 6 nitrogen and oxygen atoms in total. The third-order valence-electron chi connectivity index (χ3n) is 5.95. The summed E-state index contributed by atoms with van der Waals surface area (Å²) in [5.41, 5.74) is 1.97. The Balaban J connectivity index is 1.71. The first-order valence-corrected chi connectivity index (χ1v) is 10.6. The first-order chi connectivity index (χ1) is 16.2. The first-order valence-electron chi connectivity index (χ1n) is 10.6. The maximum absolute atomic E-state index is 14.8. The molecule has 0 spiro atoms. The predicted molar refractivity (Wildman–Crippen MR) is 124 cm³/mol. The van der Waals surface area contributed by atoms with Gasteiger partial charge in [0, 0.05) is 44.0 Å². The number of ketones is 1. The lowest BCUT2D eigenvalue weighted by Crippen LogP contribution is -2.43. The number of hydrogen-bond acceptors (Lipinski definition) is 3. The highest BCUT2D eigenvalue weighted by Crippen LogP contribution is 2.29. The Kier molecular flexibility index (Phi) is 6.15. The normalized spacial score (nSPS) is 15.7. The molecule has 1 aliphatic rings. The van der Waals surface area contributed by atoms with Crippen molar-refractivity contribution in [2.45, 2.75) is 19.4 Å². The minimum Gasteiger partial charge on any atom is -0.327 e. The summed E-state index contributed by atoms with van der Waals surface area (Å²) < 4.78 is 29.6. The van der Waals surface area contributed by atoms with Gasteiger partial charge in [0.25, 0.3) is 5.56 Å². The van der Waals surface area contributed by atoms with Crippen LogP contribution in [-0.4, -0.2) is 28.3 Å². The van der Waals surface area contributed by atoms with Gasteiger partial charge in [0.05, 0.1) is 11.6 Å². The number of pyridine rings is 1. The quantitative estimate of drug-likeness (QED) is 0.621. The average molecular weight is 463 g/mol. The third-order valence-corrected chi connectivity index (χ3v) is 5.95. The Hall–Kier alpha value is -4.07. The molecule has 1 atom stereocenters. The van der Waals surface area contributed by atoms with Gasteiger partial charge in [-0.2, -0.15) is 0 Å². The average Bonchev–Trinajstić information content (AvgIpc) is 2.80. The molecule has 4 rings (SSSR count). The van der Waals surface area contributed by atoms with Crippen LogP contribution in [-0.2, 0) is 18.3 Å². The summed E-state index contributed by atoms with van der Waals surface area (Å²) in [7, 11) is 3.11. The summed E-state index contributed by atoms with van der Waals surface area (Å²) in [4.78, 5) is 39.4. The zero-order valence-corrected chi connectivity index (χ0v) is 18.9. The van der Waals surface area contributed by atoms with Crippen LogP contribution in [0, 0.1) is 18.6 Å². The fraction of sp³-hybridized carbons (Fsp3) is 0.192. The minimum absolute atomic E-state index is 0.0699. The Labute approximate surface area is 195 Å². The minimum atomic E-state index is -0.751. The molecule has 2 heterocycles. The molecule has 8 heteroatoms. The molecule has 2 amide bonds. The van der Waals surface area contributed by atoms with E-state index in [1.165, 1.54) is 59.1 Å². The summed E-state index contributed by atoms with van der Waals surface area (Å²) in [6.45, 7) is 1.69. The van der Waals surface area contributed by atoms with E-state index < -0.39 is 23.7 Å². The van der Waals surface area contributed by atoms with Gasteiger partial charge in [0.15, 0.2) is 5.78 Å². The number of halogens is 2. The van der Waals surface area contributed by atoms with E-state index in [4.69, 9.17) is 0 Å². The Morgan fingerprint density at radius 2 is 1.74 bits per heavy atom. The van der Waals surface area contributed by atoms with Gasteiger partial charge >= 0.3 is 6.03 Å². The summed E-state index contributed by atoms with van der Waals surface area (Å²) in [6, 6.07) is 10.4. The molecule has 0 unspecified atom stereocenters. The molecule has 1 aliphatic heterocycles. The topological polar surface area (TPSA) is 71.4 Å². The summed E-state index contributed by atoms with van der Waals surface area (Å²) in [5.74, 6) is -1.27. The molecule has 3 aromatic rings. The zero-order chi connectivity index (χ0) is 24.6. The number of nitrogens with one attached hydrogen (secondary N) is 1. The van der Waals surface area contributed by atoms with Gasteiger partial charge in [-0.3, -0.25) is 9.59 Å². The first kappa shape index (κ1) is 23.1. The van der Waals surface area contributed by atoms with Crippen LogP contribution in [0.1, 0.15) is 22.7 Å². The van der Waals surface area contributed by atoms with Gasteiger partial charge in [-0.15, -0.1) is 0 Å². The lowest BCUT2D eigenvalue weighted by atomic mass is 9.90. The second-order valence-electron chi connectivity index (χ2n) is 8.33. The van der Waals surface area contributed by atoms with E-state index in [9.17, 15) is 23.2 Å². The number of Topliss-reactive ketones (excluding diaryl/α,β-unsaturated/α-hetero) is 1. The van der Waals surface area contributed by atoms with Gasteiger partial charge in [-0.05, 0) is 60.0 Å². The molecule has 174 valence electrons. The number of hydrogen-bond donors (Lipinski definition) is 1. The van der Waals surface area contributed by atoms with Gasteiger partial charge < -0.3 is 14.8 Å². The fourth-order valence-electron chi connectivity index (χ4n) is 3.99. The number of rotatable bonds is 5. The maximum atomic E-state index is 14.8. The number of amides is 2. The number of carbonyl (C=O) groups excluding carboxylic acids is 2. The van der Waals surface area contributed by atoms with E-state index in [-0.39, 0.29) is 28.9 Å². The van der Waals surface area contributed by atoms with Crippen molar-refractivity contribution >= 4 is 11.8 Å². The van der Waals surface area contributed by atoms with E-state index in [0.29, 0.717) is 22.3 Å². The number of aryl methyl sites for hydroxylation is 2. The van der Waals surface area contributed by atoms with Gasteiger partial charge in [-0.25, -0.2) is 13.6 Å². The third kappa shape index (κ3) is 4.39. The lowest BCUT2D eigenvalue weighted by Gasteiger charge is -2.30. The smallest absolute Gasteiger partial charge is 0.321 e. The van der Waals surface area contributed by atoms with E-state index in [0.717, 1.165) is 0 Å². The van der Waals surface area contributed by atoms with Crippen LogP contribution in [0.4, 0.5) is 13.6 Å². The highest BCUT2D eigenvalue weighted by atomic mass is 19.1. The molecule has 1 N–H and O–H groups in total. The number of aromatic nitrogens is 1. The van der Waals surface area contributed by atoms with Crippen molar-refractivity contribution in [2.75, 3.05) is 7.05 Å². The Morgan fingerprint density at radius 1 is 1.03 bits per heavy atom. The summed E-state index contributed by atoms with van der Waals surface area (Å²) >= 11 is 0. The second kappa shape index (κ2) is 9.05. The van der Waals surface area contributed by atoms with Gasteiger partial charge in [-0.1, -0.05) is 12.1 Å². The van der Waals surface area contributed by atoms with E-state index >= 15 is 0 Å². The SMILES string of the molecule is Cc1cc(F)c(-c2cccn(C)c2=O)cc1CC(=O)C1=CN(C)C(=O)N[C@H]1c1ccc(F)cc1. The molecule has 0 aliphatic carbocycles. The van der Waals surface area contributed by atoms with Crippen LogP contribution in [0.3, 0.4) is 0 Å². The molecule has 1 aromatic heterocycles. The van der Waals surface area contributed by atoms with Crippen molar-refractivity contribution in [1.82, 2.24) is 14.8 Å². The summed E-state index contributed by atoms with van der Waals surface area (Å²) in [6.07, 6.45) is 2.97. The molecule has 2 aromatic carbocycles. The van der Waals surface area contributed by atoms with Crippen LogP contribution in [0.5, 0.6) is 0 Å². The monoisotopic (exact) mass is 463 g/mol. The van der Waals surface area contributed by atoms with Crippen molar-refractivity contribution in [3.63, 3.8) is 0 Å². The summed E-state index contributed by atoms with van der Waals surface area (Å²) in [5, 5.41) is 2.76. The Bertz CT molecular complexity index is 1380. The molecule has 0 bridgehead atoms.